The predicted molar refractivity (Wildman–Crippen MR) is 72.5 cm³/mol. The molecule has 1 aliphatic heterocycles. The molecule has 2 heterocycles. The minimum atomic E-state index is 0.834. The molecule has 1 fully saturated rings. The van der Waals surface area contributed by atoms with Gasteiger partial charge in [-0.05, 0) is 18.8 Å². The second-order valence-electron chi connectivity index (χ2n) is 5.46. The maximum atomic E-state index is 4.41. The first kappa shape index (κ1) is 11.9. The van der Waals surface area contributed by atoms with Gasteiger partial charge in [-0.3, -0.25) is 0 Å². The lowest BCUT2D eigenvalue weighted by molar-refractivity contribution is 0.373. The van der Waals surface area contributed by atoms with Crippen molar-refractivity contribution in [2.45, 2.75) is 45.1 Å². The molecule has 0 atom stereocenters. The van der Waals surface area contributed by atoms with Crippen molar-refractivity contribution in [3.05, 3.63) is 17.6 Å². The number of aromatic nitrogens is 2. The molecule has 2 aliphatic rings. The first-order valence-corrected chi connectivity index (χ1v) is 7.21. The molecule has 3 rings (SSSR count). The Bertz CT molecular complexity index is 399. The van der Waals surface area contributed by atoms with Crippen LogP contribution in [-0.2, 0) is 13.0 Å². The third kappa shape index (κ3) is 2.64. The van der Waals surface area contributed by atoms with E-state index in [1.54, 1.807) is 6.33 Å². The number of nitrogens with zero attached hydrogens (tertiary/aromatic N) is 2. The number of nitrogens with one attached hydrogen (secondary N) is 2. The van der Waals surface area contributed by atoms with Crippen molar-refractivity contribution in [3.8, 4) is 0 Å². The lowest BCUT2D eigenvalue weighted by atomic mass is 9.89. The van der Waals surface area contributed by atoms with E-state index in [1.165, 1.54) is 43.4 Å². The van der Waals surface area contributed by atoms with E-state index < -0.39 is 0 Å². The summed E-state index contributed by atoms with van der Waals surface area (Å²) in [7, 11) is 0. The standard InChI is InChI=1S/C14H22N4/c1-2-4-11(5-3-1)8-16-14-12-9-15-7-6-13(12)17-10-18-14/h10-11,15H,1-9H2,(H,16,17,18). The second kappa shape index (κ2) is 5.65. The van der Waals surface area contributed by atoms with Crippen LogP contribution in [0.5, 0.6) is 0 Å². The number of rotatable bonds is 3. The number of hydrogen-bond donors (Lipinski definition) is 2. The Balaban J connectivity index is 1.65. The van der Waals surface area contributed by atoms with Crippen molar-refractivity contribution in [2.75, 3.05) is 18.4 Å². The zero-order chi connectivity index (χ0) is 12.2. The van der Waals surface area contributed by atoms with E-state index >= 15 is 0 Å². The molecule has 98 valence electrons. The van der Waals surface area contributed by atoms with E-state index in [4.69, 9.17) is 0 Å². The summed E-state index contributed by atoms with van der Waals surface area (Å²) in [4.78, 5) is 8.80. The van der Waals surface area contributed by atoms with Gasteiger partial charge in [-0.15, -0.1) is 0 Å². The van der Waals surface area contributed by atoms with Crippen molar-refractivity contribution >= 4 is 5.82 Å². The zero-order valence-corrected chi connectivity index (χ0v) is 10.9. The Morgan fingerprint density at radius 1 is 1.22 bits per heavy atom. The van der Waals surface area contributed by atoms with E-state index in [0.29, 0.717) is 0 Å². The van der Waals surface area contributed by atoms with Gasteiger partial charge in [0.25, 0.3) is 0 Å². The molecule has 4 nitrogen and oxygen atoms in total. The van der Waals surface area contributed by atoms with Gasteiger partial charge in [0.15, 0.2) is 0 Å². The summed E-state index contributed by atoms with van der Waals surface area (Å²) in [6.45, 7) is 3.01. The normalized spacial score (nSPS) is 20.4. The fourth-order valence-corrected chi connectivity index (χ4v) is 3.05. The molecule has 1 aliphatic carbocycles. The molecule has 0 unspecified atom stereocenters. The van der Waals surface area contributed by atoms with Crippen LogP contribution in [0.3, 0.4) is 0 Å². The quantitative estimate of drug-likeness (QED) is 0.857. The van der Waals surface area contributed by atoms with Crippen molar-refractivity contribution in [1.82, 2.24) is 15.3 Å². The van der Waals surface area contributed by atoms with Gasteiger partial charge in [0.05, 0.1) is 5.69 Å². The summed E-state index contributed by atoms with van der Waals surface area (Å²) in [5.41, 5.74) is 2.49. The zero-order valence-electron chi connectivity index (χ0n) is 10.9. The molecular formula is C14H22N4. The third-order valence-electron chi connectivity index (χ3n) is 4.16. The van der Waals surface area contributed by atoms with Crippen LogP contribution in [0, 0.1) is 5.92 Å². The molecule has 1 aromatic heterocycles. The Hall–Kier alpha value is -1.16. The first-order valence-electron chi connectivity index (χ1n) is 7.21. The summed E-state index contributed by atoms with van der Waals surface area (Å²) in [6.07, 6.45) is 9.69. The fraction of sp³-hybridized carbons (Fsp3) is 0.714. The van der Waals surface area contributed by atoms with Crippen LogP contribution in [0.2, 0.25) is 0 Å². The van der Waals surface area contributed by atoms with Gasteiger partial charge in [-0.2, -0.15) is 0 Å². The summed E-state index contributed by atoms with van der Waals surface area (Å²) >= 11 is 0. The highest BCUT2D eigenvalue weighted by molar-refractivity contribution is 5.46. The minimum Gasteiger partial charge on any atom is -0.369 e. The Morgan fingerprint density at radius 3 is 3.00 bits per heavy atom. The van der Waals surface area contributed by atoms with E-state index in [2.05, 4.69) is 20.6 Å². The summed E-state index contributed by atoms with van der Waals surface area (Å²) in [5, 5.41) is 6.95. The van der Waals surface area contributed by atoms with Gasteiger partial charge in [0.2, 0.25) is 0 Å². The van der Waals surface area contributed by atoms with Gasteiger partial charge in [0.1, 0.15) is 12.1 Å². The van der Waals surface area contributed by atoms with E-state index in [9.17, 15) is 0 Å². The summed E-state index contributed by atoms with van der Waals surface area (Å²) < 4.78 is 0. The average Bonchev–Trinajstić information content (AvgIpc) is 2.46. The number of anilines is 1. The van der Waals surface area contributed by atoms with Gasteiger partial charge >= 0.3 is 0 Å². The second-order valence-corrected chi connectivity index (χ2v) is 5.46. The maximum Gasteiger partial charge on any atom is 0.134 e. The van der Waals surface area contributed by atoms with Crippen molar-refractivity contribution in [2.24, 2.45) is 5.92 Å². The SMILES string of the molecule is c1nc2c(c(NCC3CCCCC3)n1)CNCC2. The van der Waals surface area contributed by atoms with Crippen molar-refractivity contribution in [3.63, 3.8) is 0 Å². The maximum absolute atomic E-state index is 4.41. The number of hydrogen-bond acceptors (Lipinski definition) is 4. The average molecular weight is 246 g/mol. The molecule has 0 radical (unpaired) electrons. The molecule has 0 saturated heterocycles. The molecule has 0 aromatic carbocycles. The van der Waals surface area contributed by atoms with Gasteiger partial charge in [0, 0.05) is 31.6 Å². The number of fused-ring (bicyclic) bond motifs is 1. The minimum absolute atomic E-state index is 0.834. The molecule has 18 heavy (non-hydrogen) atoms. The summed E-state index contributed by atoms with van der Waals surface area (Å²) in [5.74, 6) is 1.89. The molecule has 4 heteroatoms. The van der Waals surface area contributed by atoms with Crippen LogP contribution in [0.15, 0.2) is 6.33 Å². The monoisotopic (exact) mass is 246 g/mol. The lowest BCUT2D eigenvalue weighted by Gasteiger charge is -2.24. The lowest BCUT2D eigenvalue weighted by Crippen LogP contribution is -2.27. The van der Waals surface area contributed by atoms with Crippen molar-refractivity contribution in [1.29, 1.82) is 0 Å². The van der Waals surface area contributed by atoms with E-state index in [0.717, 1.165) is 37.8 Å². The van der Waals surface area contributed by atoms with Gasteiger partial charge in [-0.25, -0.2) is 9.97 Å². The van der Waals surface area contributed by atoms with Crippen molar-refractivity contribution < 1.29 is 0 Å². The van der Waals surface area contributed by atoms with Crippen LogP contribution in [0.4, 0.5) is 5.82 Å². The first-order chi connectivity index (χ1) is 8.93. The van der Waals surface area contributed by atoms with Crippen LogP contribution in [-0.4, -0.2) is 23.1 Å². The van der Waals surface area contributed by atoms with Crippen LogP contribution >= 0.6 is 0 Å². The summed E-state index contributed by atoms with van der Waals surface area (Å²) in [6, 6.07) is 0. The molecule has 1 saturated carbocycles. The van der Waals surface area contributed by atoms with Crippen LogP contribution < -0.4 is 10.6 Å². The van der Waals surface area contributed by atoms with E-state index in [1.807, 2.05) is 0 Å². The third-order valence-corrected chi connectivity index (χ3v) is 4.16. The largest absolute Gasteiger partial charge is 0.369 e. The van der Waals surface area contributed by atoms with E-state index in [-0.39, 0.29) is 0 Å². The predicted octanol–water partition coefficient (Wildman–Crippen LogP) is 2.11. The Morgan fingerprint density at radius 2 is 2.11 bits per heavy atom. The highest BCUT2D eigenvalue weighted by Gasteiger charge is 2.17. The van der Waals surface area contributed by atoms with Crippen LogP contribution in [0.1, 0.15) is 43.4 Å². The smallest absolute Gasteiger partial charge is 0.134 e. The van der Waals surface area contributed by atoms with Crippen LogP contribution in [0.25, 0.3) is 0 Å². The molecule has 2 N–H and O–H groups in total. The Labute approximate surface area is 109 Å². The fourth-order valence-electron chi connectivity index (χ4n) is 3.05. The molecule has 0 bridgehead atoms. The highest BCUT2D eigenvalue weighted by atomic mass is 15.0. The van der Waals surface area contributed by atoms with Gasteiger partial charge < -0.3 is 10.6 Å². The van der Waals surface area contributed by atoms with Gasteiger partial charge in [-0.1, -0.05) is 19.3 Å². The molecular weight excluding hydrogens is 224 g/mol. The topological polar surface area (TPSA) is 49.8 Å². The molecule has 0 amide bonds. The Kier molecular flexibility index (Phi) is 3.74. The molecule has 1 aromatic rings. The highest BCUT2D eigenvalue weighted by Crippen LogP contribution is 2.25. The molecule has 0 spiro atoms.